The number of sulfonamides is 1. The number of benzene rings is 1. The lowest BCUT2D eigenvalue weighted by atomic mass is 10.1. The number of aryl methyl sites for hydroxylation is 2. The molecule has 0 fully saturated rings. The van der Waals surface area contributed by atoms with E-state index in [-0.39, 0.29) is 30.0 Å². The van der Waals surface area contributed by atoms with Crippen molar-refractivity contribution in [2.45, 2.75) is 31.7 Å². The van der Waals surface area contributed by atoms with Gasteiger partial charge in [0.1, 0.15) is 6.54 Å². The number of amides is 2. The summed E-state index contributed by atoms with van der Waals surface area (Å²) in [5.41, 5.74) is 5.84. The maximum absolute atomic E-state index is 12.2. The normalized spacial score (nSPS) is 11.1. The Morgan fingerprint density at radius 1 is 1.00 bits per heavy atom. The summed E-state index contributed by atoms with van der Waals surface area (Å²) in [5.74, 6) is -1.16. The van der Waals surface area contributed by atoms with E-state index in [0.717, 1.165) is 11.1 Å². The van der Waals surface area contributed by atoms with Gasteiger partial charge in [-0.15, -0.1) is 0 Å². The average molecular weight is 406 g/mol. The topological polar surface area (TPSA) is 126 Å². The highest BCUT2D eigenvalue weighted by atomic mass is 32.2. The van der Waals surface area contributed by atoms with Crippen LogP contribution in [0.2, 0.25) is 0 Å². The molecule has 1 aromatic heterocycles. The molecule has 1 heterocycles. The van der Waals surface area contributed by atoms with Crippen molar-refractivity contribution in [1.29, 1.82) is 0 Å². The van der Waals surface area contributed by atoms with Crippen LogP contribution in [-0.4, -0.2) is 31.3 Å². The van der Waals surface area contributed by atoms with Crippen molar-refractivity contribution >= 4 is 21.8 Å². The molecule has 0 spiro atoms. The molecule has 3 N–H and O–H groups in total. The minimum Gasteiger partial charge on any atom is -0.306 e. The van der Waals surface area contributed by atoms with E-state index >= 15 is 0 Å². The highest BCUT2D eigenvalue weighted by molar-refractivity contribution is 7.89. The quantitative estimate of drug-likeness (QED) is 0.557. The average Bonchev–Trinajstić information content (AvgIpc) is 2.64. The van der Waals surface area contributed by atoms with Crippen molar-refractivity contribution in [1.82, 2.24) is 20.1 Å². The highest BCUT2D eigenvalue weighted by Gasteiger charge is 2.15. The Hall–Kier alpha value is -2.98. The highest BCUT2D eigenvalue weighted by Crippen LogP contribution is 2.14. The van der Waals surface area contributed by atoms with Gasteiger partial charge in [0.25, 0.3) is 11.5 Å². The Balaban J connectivity index is 1.77. The second kappa shape index (κ2) is 9.29. The van der Waals surface area contributed by atoms with E-state index in [0.29, 0.717) is 0 Å². The zero-order valence-corrected chi connectivity index (χ0v) is 16.4. The van der Waals surface area contributed by atoms with Gasteiger partial charge in [0, 0.05) is 25.2 Å². The molecule has 10 heteroatoms. The maximum atomic E-state index is 12.2. The largest absolute Gasteiger partial charge is 0.306 e. The van der Waals surface area contributed by atoms with Gasteiger partial charge < -0.3 is 4.57 Å². The van der Waals surface area contributed by atoms with Gasteiger partial charge in [-0.25, -0.2) is 13.1 Å². The molecule has 28 heavy (non-hydrogen) atoms. The van der Waals surface area contributed by atoms with Gasteiger partial charge in [0.05, 0.1) is 4.90 Å². The standard InChI is InChI=1S/C18H22N4O5S/c1-13-6-7-15(11-14(13)2)28(26,27)19-9-8-16(23)20-21-17(24)12-22-10-4-3-5-18(22)25/h3-7,10-11,19H,8-9,12H2,1-2H3,(H,20,23)(H,21,24). The van der Waals surface area contributed by atoms with Crippen molar-refractivity contribution in [3.8, 4) is 0 Å². The minimum atomic E-state index is -3.73. The number of hydrazine groups is 1. The summed E-state index contributed by atoms with van der Waals surface area (Å²) in [6, 6.07) is 9.24. The van der Waals surface area contributed by atoms with Gasteiger partial charge in [-0.1, -0.05) is 12.1 Å². The summed E-state index contributed by atoms with van der Waals surface area (Å²) < 4.78 is 28.0. The van der Waals surface area contributed by atoms with Crippen molar-refractivity contribution < 1.29 is 18.0 Å². The lowest BCUT2D eigenvalue weighted by Crippen LogP contribution is -2.44. The van der Waals surface area contributed by atoms with Crippen molar-refractivity contribution in [2.24, 2.45) is 0 Å². The van der Waals surface area contributed by atoms with Crippen LogP contribution in [0.3, 0.4) is 0 Å². The number of carbonyl (C=O) groups is 2. The van der Waals surface area contributed by atoms with Crippen LogP contribution in [0.5, 0.6) is 0 Å². The first kappa shape index (κ1) is 21.3. The molecule has 2 aromatic rings. The number of nitrogens with one attached hydrogen (secondary N) is 3. The second-order valence-electron chi connectivity index (χ2n) is 6.16. The van der Waals surface area contributed by atoms with Gasteiger partial charge >= 0.3 is 0 Å². The summed E-state index contributed by atoms with van der Waals surface area (Å²) in [5, 5.41) is 0. The second-order valence-corrected chi connectivity index (χ2v) is 7.92. The molecule has 0 unspecified atom stereocenters. The van der Waals surface area contributed by atoms with Gasteiger partial charge in [-0.3, -0.25) is 25.2 Å². The molecule has 0 radical (unpaired) electrons. The molecule has 2 rings (SSSR count). The third kappa shape index (κ3) is 6.03. The van der Waals surface area contributed by atoms with Gasteiger partial charge in [-0.05, 0) is 43.2 Å². The molecule has 150 valence electrons. The van der Waals surface area contributed by atoms with Crippen LogP contribution in [0.25, 0.3) is 0 Å². The number of pyridine rings is 1. The summed E-state index contributed by atoms with van der Waals surface area (Å²) >= 11 is 0. The molecule has 0 bridgehead atoms. The van der Waals surface area contributed by atoms with Crippen LogP contribution in [0.4, 0.5) is 0 Å². The molecule has 0 saturated heterocycles. The predicted octanol–water partition coefficient (Wildman–Crippen LogP) is -0.0189. The number of rotatable bonds is 7. The van der Waals surface area contributed by atoms with E-state index in [9.17, 15) is 22.8 Å². The van der Waals surface area contributed by atoms with Crippen LogP contribution in [-0.2, 0) is 26.2 Å². The van der Waals surface area contributed by atoms with Gasteiger partial charge in [-0.2, -0.15) is 0 Å². The van der Waals surface area contributed by atoms with Crippen LogP contribution in [0, 0.1) is 13.8 Å². The molecule has 0 aliphatic heterocycles. The number of carbonyl (C=O) groups excluding carboxylic acids is 2. The van der Waals surface area contributed by atoms with E-state index in [2.05, 4.69) is 15.6 Å². The third-order valence-electron chi connectivity index (χ3n) is 3.99. The van der Waals surface area contributed by atoms with E-state index in [1.54, 1.807) is 24.3 Å². The number of nitrogens with zero attached hydrogens (tertiary/aromatic N) is 1. The lowest BCUT2D eigenvalue weighted by molar-refractivity contribution is -0.129. The predicted molar refractivity (Wildman–Crippen MR) is 103 cm³/mol. The van der Waals surface area contributed by atoms with Crippen LogP contribution < -0.4 is 21.1 Å². The Morgan fingerprint density at radius 2 is 1.71 bits per heavy atom. The molecular weight excluding hydrogens is 384 g/mol. The van der Waals surface area contributed by atoms with Gasteiger partial charge in [0.15, 0.2) is 0 Å². The summed E-state index contributed by atoms with van der Waals surface area (Å²) in [7, 11) is -3.73. The Morgan fingerprint density at radius 3 is 2.39 bits per heavy atom. The SMILES string of the molecule is Cc1ccc(S(=O)(=O)NCCC(=O)NNC(=O)Cn2ccccc2=O)cc1C. The summed E-state index contributed by atoms with van der Waals surface area (Å²) in [6.07, 6.45) is 1.28. The van der Waals surface area contributed by atoms with E-state index in [4.69, 9.17) is 0 Å². The fourth-order valence-corrected chi connectivity index (χ4v) is 3.37. The van der Waals surface area contributed by atoms with Gasteiger partial charge in [0.2, 0.25) is 15.9 Å². The summed E-state index contributed by atoms with van der Waals surface area (Å²) in [4.78, 5) is 35.1. The molecule has 0 saturated carbocycles. The zero-order chi connectivity index (χ0) is 20.7. The zero-order valence-electron chi connectivity index (χ0n) is 15.6. The Kier molecular flexibility index (Phi) is 7.07. The van der Waals surface area contributed by atoms with E-state index in [1.807, 2.05) is 13.8 Å². The molecule has 0 aliphatic rings. The fourth-order valence-electron chi connectivity index (χ4n) is 2.25. The molecular formula is C18H22N4O5S. The van der Waals surface area contributed by atoms with Crippen molar-refractivity contribution in [3.63, 3.8) is 0 Å². The molecule has 0 aliphatic carbocycles. The monoisotopic (exact) mass is 406 g/mol. The molecule has 0 atom stereocenters. The first-order chi connectivity index (χ1) is 13.2. The first-order valence-corrected chi connectivity index (χ1v) is 9.97. The molecule has 1 aromatic carbocycles. The van der Waals surface area contributed by atoms with E-state index < -0.39 is 21.8 Å². The molecule has 2 amide bonds. The maximum Gasteiger partial charge on any atom is 0.258 e. The minimum absolute atomic E-state index is 0.123. The third-order valence-corrected chi connectivity index (χ3v) is 5.45. The fraction of sp³-hybridized carbons (Fsp3) is 0.278. The lowest BCUT2D eigenvalue weighted by Gasteiger charge is -2.10. The Bertz CT molecular complexity index is 1030. The van der Waals surface area contributed by atoms with Crippen LogP contribution in [0.1, 0.15) is 17.5 Å². The Labute approximate surface area is 162 Å². The molecule has 9 nitrogen and oxygen atoms in total. The summed E-state index contributed by atoms with van der Waals surface area (Å²) in [6.45, 7) is 3.31. The first-order valence-electron chi connectivity index (χ1n) is 8.49. The van der Waals surface area contributed by atoms with Crippen molar-refractivity contribution in [3.05, 3.63) is 64.1 Å². The van der Waals surface area contributed by atoms with Crippen LogP contribution >= 0.6 is 0 Å². The van der Waals surface area contributed by atoms with E-state index in [1.165, 1.54) is 22.9 Å². The van der Waals surface area contributed by atoms with Crippen molar-refractivity contribution in [2.75, 3.05) is 6.54 Å². The number of hydrogen-bond donors (Lipinski definition) is 3. The number of hydrogen-bond acceptors (Lipinski definition) is 5. The smallest absolute Gasteiger partial charge is 0.258 e. The number of aromatic nitrogens is 1. The van der Waals surface area contributed by atoms with Crippen LogP contribution in [0.15, 0.2) is 52.3 Å².